The normalized spacial score (nSPS) is 27.5. The second-order valence-electron chi connectivity index (χ2n) is 6.82. The van der Waals surface area contributed by atoms with E-state index >= 15 is 0 Å². The highest BCUT2D eigenvalue weighted by Crippen LogP contribution is 2.28. The van der Waals surface area contributed by atoms with Gasteiger partial charge in [-0.1, -0.05) is 12.1 Å². The zero-order valence-electron chi connectivity index (χ0n) is 15.0. The van der Waals surface area contributed by atoms with Crippen LogP contribution in [0, 0.1) is 0 Å². The Balaban J connectivity index is 1.69. The van der Waals surface area contributed by atoms with E-state index in [2.05, 4.69) is 0 Å². The molecule has 0 radical (unpaired) electrons. The van der Waals surface area contributed by atoms with Gasteiger partial charge in [0.1, 0.15) is 41.7 Å². The maximum atomic E-state index is 10.1. The van der Waals surface area contributed by atoms with Crippen LogP contribution in [0.25, 0.3) is 0 Å². The molecule has 0 spiro atoms. The molecule has 6 N–H and O–H groups in total. The number of benzene rings is 2. The third-order valence-corrected chi connectivity index (χ3v) is 4.69. The van der Waals surface area contributed by atoms with E-state index in [9.17, 15) is 30.6 Å². The molecule has 1 aliphatic rings. The molecule has 1 aliphatic heterocycles. The van der Waals surface area contributed by atoms with E-state index in [1.807, 2.05) is 12.1 Å². The van der Waals surface area contributed by atoms with E-state index in [0.29, 0.717) is 12.8 Å². The molecule has 8 heteroatoms. The number of hydrogen-bond acceptors (Lipinski definition) is 8. The Kier molecular flexibility index (Phi) is 6.38. The van der Waals surface area contributed by atoms with Crippen molar-refractivity contribution < 1.29 is 40.1 Å². The second-order valence-corrected chi connectivity index (χ2v) is 6.82. The number of ether oxygens (including phenoxy) is 2. The molecule has 5 unspecified atom stereocenters. The number of aliphatic hydroxyl groups is 4. The Morgan fingerprint density at radius 1 is 0.786 bits per heavy atom. The highest BCUT2D eigenvalue weighted by Gasteiger charge is 2.44. The topological polar surface area (TPSA) is 140 Å². The fraction of sp³-hybridized carbons (Fsp3) is 0.400. The minimum Gasteiger partial charge on any atom is -0.508 e. The first-order chi connectivity index (χ1) is 13.4. The number of aliphatic hydroxyl groups excluding tert-OH is 4. The lowest BCUT2D eigenvalue weighted by Gasteiger charge is -2.39. The SMILES string of the molecule is OCC1OC(Oc2cc(O)cc(CCc3ccc(O)cc3)c2)C(O)C(O)C1O. The summed E-state index contributed by atoms with van der Waals surface area (Å²) in [6.07, 6.45) is -5.67. The average molecular weight is 392 g/mol. The molecule has 0 aromatic heterocycles. The van der Waals surface area contributed by atoms with Crippen molar-refractivity contribution in [1.82, 2.24) is 0 Å². The fourth-order valence-electron chi connectivity index (χ4n) is 3.11. The van der Waals surface area contributed by atoms with E-state index in [0.717, 1.165) is 11.1 Å². The maximum Gasteiger partial charge on any atom is 0.229 e. The highest BCUT2D eigenvalue weighted by atomic mass is 16.7. The van der Waals surface area contributed by atoms with E-state index < -0.39 is 37.3 Å². The van der Waals surface area contributed by atoms with Gasteiger partial charge in [0.2, 0.25) is 6.29 Å². The number of aryl methyl sites for hydroxylation is 2. The number of rotatable bonds is 6. The summed E-state index contributed by atoms with van der Waals surface area (Å²) in [5.41, 5.74) is 1.78. The van der Waals surface area contributed by atoms with Gasteiger partial charge in [0.25, 0.3) is 0 Å². The van der Waals surface area contributed by atoms with Crippen LogP contribution in [-0.2, 0) is 17.6 Å². The van der Waals surface area contributed by atoms with Crippen LogP contribution >= 0.6 is 0 Å². The standard InChI is InChI=1S/C20H24O8/c21-10-16-17(24)18(25)19(26)20(28-16)27-15-8-12(7-14(23)9-15)2-1-11-3-5-13(22)6-4-11/h3-9,16-26H,1-2,10H2. The molecule has 0 bridgehead atoms. The Morgan fingerprint density at radius 3 is 2.14 bits per heavy atom. The van der Waals surface area contributed by atoms with E-state index in [-0.39, 0.29) is 17.2 Å². The summed E-state index contributed by atoms with van der Waals surface area (Å²) < 4.78 is 10.9. The van der Waals surface area contributed by atoms with Gasteiger partial charge in [-0.25, -0.2) is 0 Å². The molecule has 0 saturated carbocycles. The van der Waals surface area contributed by atoms with Crippen molar-refractivity contribution in [3.63, 3.8) is 0 Å². The number of phenols is 2. The Morgan fingerprint density at radius 2 is 1.46 bits per heavy atom. The molecule has 8 nitrogen and oxygen atoms in total. The lowest BCUT2D eigenvalue weighted by Crippen LogP contribution is -2.60. The van der Waals surface area contributed by atoms with Crippen LogP contribution in [0.2, 0.25) is 0 Å². The van der Waals surface area contributed by atoms with Crippen LogP contribution in [0.1, 0.15) is 11.1 Å². The molecule has 1 fully saturated rings. The van der Waals surface area contributed by atoms with Gasteiger partial charge in [0.15, 0.2) is 0 Å². The van der Waals surface area contributed by atoms with Gasteiger partial charge >= 0.3 is 0 Å². The van der Waals surface area contributed by atoms with Crippen molar-refractivity contribution in [2.75, 3.05) is 6.61 Å². The zero-order chi connectivity index (χ0) is 20.3. The monoisotopic (exact) mass is 392 g/mol. The third-order valence-electron chi connectivity index (χ3n) is 4.69. The third kappa shape index (κ3) is 4.73. The highest BCUT2D eigenvalue weighted by molar-refractivity contribution is 5.38. The summed E-state index contributed by atoms with van der Waals surface area (Å²) in [6.45, 7) is -0.553. The molecule has 5 atom stereocenters. The molecule has 152 valence electrons. The van der Waals surface area contributed by atoms with E-state index in [4.69, 9.17) is 9.47 Å². The first kappa shape index (κ1) is 20.4. The Hall–Kier alpha value is -2.36. The largest absolute Gasteiger partial charge is 0.508 e. The molecule has 2 aromatic carbocycles. The van der Waals surface area contributed by atoms with Crippen molar-refractivity contribution in [2.24, 2.45) is 0 Å². The molecule has 0 amide bonds. The summed E-state index contributed by atoms with van der Waals surface area (Å²) in [4.78, 5) is 0. The summed E-state index contributed by atoms with van der Waals surface area (Å²) in [5, 5.41) is 58.3. The molecule has 1 saturated heterocycles. The summed E-state index contributed by atoms with van der Waals surface area (Å²) in [6, 6.07) is 11.4. The molecular formula is C20H24O8. The lowest BCUT2D eigenvalue weighted by atomic mass is 9.99. The molecule has 3 rings (SSSR count). The van der Waals surface area contributed by atoms with Crippen LogP contribution in [0.5, 0.6) is 17.2 Å². The van der Waals surface area contributed by atoms with Crippen molar-refractivity contribution in [1.29, 1.82) is 0 Å². The van der Waals surface area contributed by atoms with Gasteiger partial charge < -0.3 is 40.1 Å². The number of phenolic OH excluding ortho intramolecular Hbond substituents is 2. The van der Waals surface area contributed by atoms with E-state index in [1.54, 1.807) is 24.3 Å². The average Bonchev–Trinajstić information content (AvgIpc) is 2.67. The van der Waals surface area contributed by atoms with Gasteiger partial charge in [0, 0.05) is 6.07 Å². The minimum atomic E-state index is -1.54. The van der Waals surface area contributed by atoms with Crippen LogP contribution in [0.4, 0.5) is 0 Å². The number of aromatic hydroxyl groups is 2. The second kappa shape index (κ2) is 8.76. The molecular weight excluding hydrogens is 368 g/mol. The maximum absolute atomic E-state index is 10.1. The molecule has 1 heterocycles. The smallest absolute Gasteiger partial charge is 0.229 e. The summed E-state index contributed by atoms with van der Waals surface area (Å²) in [5.74, 6) is 0.365. The first-order valence-electron chi connectivity index (χ1n) is 8.95. The van der Waals surface area contributed by atoms with Gasteiger partial charge in [-0.05, 0) is 48.2 Å². The van der Waals surface area contributed by atoms with Crippen molar-refractivity contribution >= 4 is 0 Å². The van der Waals surface area contributed by atoms with Gasteiger partial charge in [0.05, 0.1) is 6.61 Å². The first-order valence-corrected chi connectivity index (χ1v) is 8.95. The van der Waals surface area contributed by atoms with Crippen molar-refractivity contribution in [3.8, 4) is 17.2 Å². The van der Waals surface area contributed by atoms with Crippen LogP contribution < -0.4 is 4.74 Å². The molecule has 0 aliphatic carbocycles. The van der Waals surface area contributed by atoms with Crippen molar-refractivity contribution in [3.05, 3.63) is 53.6 Å². The predicted octanol–water partition coefficient (Wildman–Crippen LogP) is 0.0617. The van der Waals surface area contributed by atoms with Crippen LogP contribution in [0.3, 0.4) is 0 Å². The quantitative estimate of drug-likeness (QED) is 0.406. The molecule has 28 heavy (non-hydrogen) atoms. The predicted molar refractivity (Wildman–Crippen MR) is 98.0 cm³/mol. The Labute approximate surface area is 161 Å². The zero-order valence-corrected chi connectivity index (χ0v) is 15.0. The minimum absolute atomic E-state index is 0.0391. The number of hydrogen-bond donors (Lipinski definition) is 6. The van der Waals surface area contributed by atoms with Gasteiger partial charge in [-0.2, -0.15) is 0 Å². The van der Waals surface area contributed by atoms with Crippen LogP contribution in [0.15, 0.2) is 42.5 Å². The lowest BCUT2D eigenvalue weighted by molar-refractivity contribution is -0.277. The van der Waals surface area contributed by atoms with Crippen molar-refractivity contribution in [2.45, 2.75) is 43.5 Å². The van der Waals surface area contributed by atoms with E-state index in [1.165, 1.54) is 6.07 Å². The summed E-state index contributed by atoms with van der Waals surface area (Å²) >= 11 is 0. The van der Waals surface area contributed by atoms with Crippen LogP contribution in [-0.4, -0.2) is 68.0 Å². The van der Waals surface area contributed by atoms with Gasteiger partial charge in [-0.15, -0.1) is 0 Å². The Bertz CT molecular complexity index is 776. The fourth-order valence-corrected chi connectivity index (χ4v) is 3.11. The molecule has 2 aromatic rings. The van der Waals surface area contributed by atoms with Gasteiger partial charge in [-0.3, -0.25) is 0 Å². The summed E-state index contributed by atoms with van der Waals surface area (Å²) in [7, 11) is 0.